The number of alkyl halides is 3. The molecule has 1 heterocycles. The lowest BCUT2D eigenvalue weighted by Crippen LogP contribution is -2.25. The molecule has 11 heteroatoms. The summed E-state index contributed by atoms with van der Waals surface area (Å²) in [6, 6.07) is 7.99. The first-order valence-electron chi connectivity index (χ1n) is 10.4. The number of nitrogens with zero attached hydrogens (tertiary/aromatic N) is 2. The Morgan fingerprint density at radius 1 is 1.09 bits per heavy atom. The minimum Gasteiger partial charge on any atom is -0.374 e. The molecule has 0 aliphatic carbocycles. The highest BCUT2D eigenvalue weighted by Crippen LogP contribution is 2.36. The van der Waals surface area contributed by atoms with Crippen LogP contribution in [0.25, 0.3) is 0 Å². The molecule has 1 aliphatic heterocycles. The molecular formula is C22H27F3N4O3S. The van der Waals surface area contributed by atoms with Gasteiger partial charge in [-0.05, 0) is 55.7 Å². The van der Waals surface area contributed by atoms with E-state index >= 15 is 0 Å². The molecule has 2 N–H and O–H groups in total. The van der Waals surface area contributed by atoms with Gasteiger partial charge >= 0.3 is 6.18 Å². The lowest BCUT2D eigenvalue weighted by Gasteiger charge is -2.23. The Morgan fingerprint density at radius 2 is 1.76 bits per heavy atom. The number of sulfonamides is 1. The first-order chi connectivity index (χ1) is 15.4. The number of halogens is 3. The molecule has 0 atom stereocenters. The van der Waals surface area contributed by atoms with Crippen molar-refractivity contribution in [3.63, 3.8) is 0 Å². The average Bonchev–Trinajstić information content (AvgIpc) is 3.27. The lowest BCUT2D eigenvalue weighted by atomic mass is 10.1. The molecule has 7 nitrogen and oxygen atoms in total. The predicted octanol–water partition coefficient (Wildman–Crippen LogP) is 3.91. The highest BCUT2D eigenvalue weighted by molar-refractivity contribution is 7.89. The number of amides is 1. The van der Waals surface area contributed by atoms with Crippen LogP contribution in [0.2, 0.25) is 0 Å². The number of hydrogen-bond acceptors (Lipinski definition) is 5. The molecular weight excluding hydrogens is 457 g/mol. The van der Waals surface area contributed by atoms with E-state index in [0.29, 0.717) is 11.3 Å². The van der Waals surface area contributed by atoms with E-state index in [1.807, 2.05) is 4.90 Å². The van der Waals surface area contributed by atoms with Crippen molar-refractivity contribution in [1.82, 2.24) is 4.31 Å². The summed E-state index contributed by atoms with van der Waals surface area (Å²) in [5.41, 5.74) is 0.839. The topological polar surface area (TPSA) is 81.8 Å². The predicted molar refractivity (Wildman–Crippen MR) is 122 cm³/mol. The number of nitrogens with one attached hydrogen (secondary N) is 2. The SMILES string of the molecule is Cc1ccc(NC(=O)CNc2cc(C(F)(F)F)ccc2N2CCCC2)cc1S(=O)(=O)N(C)C. The Bertz CT molecular complexity index is 1130. The average molecular weight is 485 g/mol. The van der Waals surface area contributed by atoms with Crippen molar-refractivity contribution in [2.24, 2.45) is 0 Å². The van der Waals surface area contributed by atoms with Gasteiger partial charge in [-0.1, -0.05) is 6.07 Å². The smallest absolute Gasteiger partial charge is 0.374 e. The number of benzene rings is 2. The Labute approximate surface area is 191 Å². The fourth-order valence-corrected chi connectivity index (χ4v) is 4.77. The number of carbonyl (C=O) groups excluding carboxylic acids is 1. The molecule has 180 valence electrons. The summed E-state index contributed by atoms with van der Waals surface area (Å²) in [4.78, 5) is 14.6. The summed E-state index contributed by atoms with van der Waals surface area (Å²) >= 11 is 0. The largest absolute Gasteiger partial charge is 0.416 e. The van der Waals surface area contributed by atoms with Crippen LogP contribution in [0.15, 0.2) is 41.3 Å². The zero-order valence-electron chi connectivity index (χ0n) is 18.7. The molecule has 0 unspecified atom stereocenters. The van der Waals surface area contributed by atoms with Gasteiger partial charge in [0.15, 0.2) is 0 Å². The zero-order valence-corrected chi connectivity index (χ0v) is 19.5. The summed E-state index contributed by atoms with van der Waals surface area (Å²) in [6.07, 6.45) is -2.60. The molecule has 0 spiro atoms. The van der Waals surface area contributed by atoms with Gasteiger partial charge in [0.1, 0.15) is 0 Å². The van der Waals surface area contributed by atoms with E-state index in [-0.39, 0.29) is 22.8 Å². The fraction of sp³-hybridized carbons (Fsp3) is 0.409. The Hall–Kier alpha value is -2.79. The van der Waals surface area contributed by atoms with Gasteiger partial charge in [0.25, 0.3) is 0 Å². The molecule has 3 rings (SSSR count). The number of carbonyl (C=O) groups is 1. The van der Waals surface area contributed by atoms with Crippen LogP contribution in [0.5, 0.6) is 0 Å². The van der Waals surface area contributed by atoms with E-state index in [2.05, 4.69) is 10.6 Å². The van der Waals surface area contributed by atoms with Crippen LogP contribution in [-0.4, -0.2) is 52.4 Å². The number of rotatable bonds is 7. The van der Waals surface area contributed by atoms with Gasteiger partial charge in [-0.2, -0.15) is 13.2 Å². The van der Waals surface area contributed by atoms with Crippen molar-refractivity contribution >= 4 is 33.0 Å². The highest BCUT2D eigenvalue weighted by Gasteiger charge is 2.31. The van der Waals surface area contributed by atoms with E-state index in [1.165, 1.54) is 26.2 Å². The van der Waals surface area contributed by atoms with Crippen molar-refractivity contribution in [2.45, 2.75) is 30.8 Å². The summed E-state index contributed by atoms with van der Waals surface area (Å²) in [6.45, 7) is 2.83. The van der Waals surface area contributed by atoms with Crippen LogP contribution < -0.4 is 15.5 Å². The van der Waals surface area contributed by atoms with E-state index in [4.69, 9.17) is 0 Å². The number of anilines is 3. The van der Waals surface area contributed by atoms with Crippen LogP contribution >= 0.6 is 0 Å². The van der Waals surface area contributed by atoms with Crippen LogP contribution in [0.3, 0.4) is 0 Å². The fourth-order valence-electron chi connectivity index (χ4n) is 3.62. The lowest BCUT2D eigenvalue weighted by molar-refractivity contribution is -0.137. The first-order valence-corrected chi connectivity index (χ1v) is 11.9. The van der Waals surface area contributed by atoms with Crippen molar-refractivity contribution < 1.29 is 26.4 Å². The first kappa shape index (κ1) is 24.8. The third-order valence-electron chi connectivity index (χ3n) is 5.44. The van der Waals surface area contributed by atoms with Gasteiger partial charge in [-0.15, -0.1) is 0 Å². The van der Waals surface area contributed by atoms with Crippen molar-refractivity contribution in [1.29, 1.82) is 0 Å². The van der Waals surface area contributed by atoms with Crippen molar-refractivity contribution in [3.8, 4) is 0 Å². The van der Waals surface area contributed by atoms with Gasteiger partial charge in [0, 0.05) is 32.9 Å². The second-order valence-corrected chi connectivity index (χ2v) is 10.2. The Kier molecular flexibility index (Phi) is 7.23. The van der Waals surface area contributed by atoms with Crippen LogP contribution in [0, 0.1) is 6.92 Å². The molecule has 1 amide bonds. The second kappa shape index (κ2) is 9.60. The molecule has 2 aromatic carbocycles. The number of aryl methyl sites for hydroxylation is 1. The van der Waals surface area contributed by atoms with Gasteiger partial charge in [0.2, 0.25) is 15.9 Å². The maximum atomic E-state index is 13.2. The molecule has 0 radical (unpaired) electrons. The summed E-state index contributed by atoms with van der Waals surface area (Å²) in [5.74, 6) is -0.517. The van der Waals surface area contributed by atoms with Crippen LogP contribution in [-0.2, 0) is 21.0 Å². The molecule has 33 heavy (non-hydrogen) atoms. The normalized spacial score (nSPS) is 14.6. The third-order valence-corrected chi connectivity index (χ3v) is 7.40. The minimum absolute atomic E-state index is 0.0625. The van der Waals surface area contributed by atoms with Gasteiger partial charge in [0.05, 0.1) is 28.4 Å². The quantitative estimate of drug-likeness (QED) is 0.623. The van der Waals surface area contributed by atoms with E-state index in [1.54, 1.807) is 19.1 Å². The monoisotopic (exact) mass is 484 g/mol. The molecule has 0 bridgehead atoms. The van der Waals surface area contributed by atoms with Gasteiger partial charge in [-0.25, -0.2) is 12.7 Å². The molecule has 1 saturated heterocycles. The maximum Gasteiger partial charge on any atom is 0.416 e. The Morgan fingerprint density at radius 3 is 2.36 bits per heavy atom. The summed E-state index contributed by atoms with van der Waals surface area (Å²) in [7, 11) is -0.873. The summed E-state index contributed by atoms with van der Waals surface area (Å²) < 4.78 is 65.7. The van der Waals surface area contributed by atoms with E-state index < -0.39 is 27.7 Å². The standard InChI is InChI=1S/C22H27F3N4O3S/c1-15-6-8-17(13-20(15)33(31,32)28(2)3)27-21(30)14-26-18-12-16(22(23,24)25)7-9-19(18)29-10-4-5-11-29/h6-9,12-13,26H,4-5,10-11,14H2,1-3H3,(H,27,30). The van der Waals surface area contributed by atoms with Gasteiger partial charge < -0.3 is 15.5 Å². The molecule has 1 fully saturated rings. The van der Waals surface area contributed by atoms with E-state index in [0.717, 1.165) is 42.4 Å². The molecule has 0 aromatic heterocycles. The minimum atomic E-state index is -4.50. The zero-order chi connectivity index (χ0) is 24.4. The summed E-state index contributed by atoms with van der Waals surface area (Å²) in [5, 5.41) is 5.42. The second-order valence-electron chi connectivity index (χ2n) is 8.09. The molecule has 0 saturated carbocycles. The Balaban J connectivity index is 1.77. The highest BCUT2D eigenvalue weighted by atomic mass is 32.2. The van der Waals surface area contributed by atoms with Gasteiger partial charge in [-0.3, -0.25) is 4.79 Å². The van der Waals surface area contributed by atoms with Crippen molar-refractivity contribution in [2.75, 3.05) is 49.3 Å². The van der Waals surface area contributed by atoms with E-state index in [9.17, 15) is 26.4 Å². The van der Waals surface area contributed by atoms with Crippen molar-refractivity contribution in [3.05, 3.63) is 47.5 Å². The van der Waals surface area contributed by atoms with Crippen LogP contribution in [0.4, 0.5) is 30.2 Å². The molecule has 2 aromatic rings. The maximum absolute atomic E-state index is 13.2. The third kappa shape index (κ3) is 5.77. The molecule has 1 aliphatic rings. The van der Waals surface area contributed by atoms with Crippen LogP contribution in [0.1, 0.15) is 24.0 Å². The number of hydrogen-bond donors (Lipinski definition) is 2.